The third-order valence-electron chi connectivity index (χ3n) is 4.70. The lowest BCUT2D eigenvalue weighted by atomic mass is 10.0. The van der Waals surface area contributed by atoms with E-state index in [2.05, 4.69) is 54.4 Å². The maximum Gasteiger partial charge on any atom is 0.0476 e. The molecule has 1 aliphatic carbocycles. The second kappa shape index (κ2) is 5.64. The lowest BCUT2D eigenvalue weighted by molar-refractivity contribution is 0.119. The third kappa shape index (κ3) is 2.85. The Kier molecular flexibility index (Phi) is 3.90. The van der Waals surface area contributed by atoms with Gasteiger partial charge < -0.3 is 5.32 Å². The molecule has 2 heteroatoms. The van der Waals surface area contributed by atoms with Crippen molar-refractivity contribution >= 4 is 0 Å². The van der Waals surface area contributed by atoms with Gasteiger partial charge in [-0.05, 0) is 31.2 Å². The lowest BCUT2D eigenvalue weighted by Gasteiger charge is -2.40. The summed E-state index contributed by atoms with van der Waals surface area (Å²) in [6.07, 6.45) is 4.16. The summed E-state index contributed by atoms with van der Waals surface area (Å²) in [6.45, 7) is 6.92. The van der Waals surface area contributed by atoms with Gasteiger partial charge in [-0.15, -0.1) is 0 Å². The summed E-state index contributed by atoms with van der Waals surface area (Å²) in [6, 6.07) is 13.1. The van der Waals surface area contributed by atoms with Crippen LogP contribution < -0.4 is 5.32 Å². The first-order chi connectivity index (χ1) is 9.29. The molecule has 2 fully saturated rings. The Morgan fingerprint density at radius 3 is 2.79 bits per heavy atom. The van der Waals surface area contributed by atoms with E-state index in [0.29, 0.717) is 12.1 Å². The number of rotatable bonds is 4. The van der Waals surface area contributed by atoms with Crippen molar-refractivity contribution in [3.8, 4) is 0 Å². The Balaban J connectivity index is 1.74. The topological polar surface area (TPSA) is 15.3 Å². The van der Waals surface area contributed by atoms with Gasteiger partial charge in [0.15, 0.2) is 0 Å². The molecule has 1 heterocycles. The van der Waals surface area contributed by atoms with Crippen LogP contribution in [0.1, 0.15) is 44.7 Å². The Labute approximate surface area is 117 Å². The largest absolute Gasteiger partial charge is 0.311 e. The molecule has 1 N–H and O–H groups in total. The van der Waals surface area contributed by atoms with Crippen molar-refractivity contribution in [1.29, 1.82) is 0 Å². The van der Waals surface area contributed by atoms with Crippen LogP contribution in [0.25, 0.3) is 0 Å². The van der Waals surface area contributed by atoms with Crippen molar-refractivity contribution in [1.82, 2.24) is 10.2 Å². The maximum atomic E-state index is 3.65. The molecule has 1 aromatic rings. The summed E-state index contributed by atoms with van der Waals surface area (Å²) < 4.78 is 0. The molecule has 1 saturated carbocycles. The van der Waals surface area contributed by atoms with E-state index in [4.69, 9.17) is 0 Å². The second-order valence-corrected chi connectivity index (χ2v) is 6.28. The van der Waals surface area contributed by atoms with E-state index in [-0.39, 0.29) is 0 Å². The van der Waals surface area contributed by atoms with Crippen molar-refractivity contribution in [3.63, 3.8) is 0 Å². The summed E-state index contributed by atoms with van der Waals surface area (Å²) in [5, 5.41) is 3.65. The number of hydrogen-bond donors (Lipinski definition) is 1. The SMILES string of the molecule is CCCC1CC1N1CC(C)NCC1c1ccccc1. The van der Waals surface area contributed by atoms with Crippen molar-refractivity contribution in [2.75, 3.05) is 13.1 Å². The van der Waals surface area contributed by atoms with Gasteiger partial charge in [-0.1, -0.05) is 43.7 Å². The molecule has 1 aromatic carbocycles. The van der Waals surface area contributed by atoms with Gasteiger partial charge in [0.05, 0.1) is 0 Å². The van der Waals surface area contributed by atoms with E-state index >= 15 is 0 Å². The molecular weight excluding hydrogens is 232 g/mol. The highest BCUT2D eigenvalue weighted by Gasteiger charge is 2.45. The fraction of sp³-hybridized carbons (Fsp3) is 0.647. The normalized spacial score (nSPS) is 35.3. The Morgan fingerprint density at radius 2 is 2.05 bits per heavy atom. The fourth-order valence-electron chi connectivity index (χ4n) is 3.61. The lowest BCUT2D eigenvalue weighted by Crippen LogP contribution is -2.52. The molecule has 0 bridgehead atoms. The molecule has 3 rings (SSSR count). The van der Waals surface area contributed by atoms with Crippen LogP contribution in [-0.2, 0) is 0 Å². The maximum absolute atomic E-state index is 3.65. The summed E-state index contributed by atoms with van der Waals surface area (Å²) in [5.74, 6) is 0.960. The average molecular weight is 258 g/mol. The standard InChI is InChI=1S/C17H26N2/c1-3-7-15-10-16(15)19-12-13(2)18-11-17(19)14-8-5-4-6-9-14/h4-6,8-9,13,15-18H,3,7,10-12H2,1-2H3. The van der Waals surface area contributed by atoms with E-state index < -0.39 is 0 Å². The quantitative estimate of drug-likeness (QED) is 0.892. The predicted octanol–water partition coefficient (Wildman–Crippen LogP) is 3.21. The minimum Gasteiger partial charge on any atom is -0.311 e. The summed E-state index contributed by atoms with van der Waals surface area (Å²) in [5.41, 5.74) is 1.48. The highest BCUT2D eigenvalue weighted by Crippen LogP contribution is 2.43. The van der Waals surface area contributed by atoms with Crippen LogP contribution in [-0.4, -0.2) is 30.1 Å². The van der Waals surface area contributed by atoms with Crippen LogP contribution >= 0.6 is 0 Å². The zero-order valence-electron chi connectivity index (χ0n) is 12.2. The van der Waals surface area contributed by atoms with E-state index in [1.807, 2.05) is 0 Å². The van der Waals surface area contributed by atoms with Crippen LogP contribution in [0.2, 0.25) is 0 Å². The van der Waals surface area contributed by atoms with Crippen molar-refractivity contribution in [2.24, 2.45) is 5.92 Å². The van der Waals surface area contributed by atoms with Gasteiger partial charge in [-0.25, -0.2) is 0 Å². The molecule has 1 aliphatic heterocycles. The second-order valence-electron chi connectivity index (χ2n) is 6.28. The first kappa shape index (κ1) is 13.1. The molecule has 0 amide bonds. The Morgan fingerprint density at radius 1 is 1.26 bits per heavy atom. The molecule has 2 nitrogen and oxygen atoms in total. The third-order valence-corrected chi connectivity index (χ3v) is 4.70. The van der Waals surface area contributed by atoms with Crippen molar-refractivity contribution in [2.45, 2.75) is 51.2 Å². The van der Waals surface area contributed by atoms with Crippen LogP contribution in [0, 0.1) is 5.92 Å². The predicted molar refractivity (Wildman–Crippen MR) is 80.2 cm³/mol. The molecule has 4 atom stereocenters. The Hall–Kier alpha value is -0.860. The van der Waals surface area contributed by atoms with Gasteiger partial charge >= 0.3 is 0 Å². The number of benzene rings is 1. The molecule has 4 unspecified atom stereocenters. The van der Waals surface area contributed by atoms with Crippen molar-refractivity contribution in [3.05, 3.63) is 35.9 Å². The van der Waals surface area contributed by atoms with Crippen LogP contribution in [0.5, 0.6) is 0 Å². The zero-order chi connectivity index (χ0) is 13.2. The van der Waals surface area contributed by atoms with E-state index in [1.54, 1.807) is 0 Å². The van der Waals surface area contributed by atoms with Crippen LogP contribution in [0.3, 0.4) is 0 Å². The van der Waals surface area contributed by atoms with Gasteiger partial charge in [-0.2, -0.15) is 0 Å². The van der Waals surface area contributed by atoms with E-state index in [9.17, 15) is 0 Å². The summed E-state index contributed by atoms with van der Waals surface area (Å²) >= 11 is 0. The Bertz CT molecular complexity index is 403. The number of nitrogens with zero attached hydrogens (tertiary/aromatic N) is 1. The molecular formula is C17H26N2. The van der Waals surface area contributed by atoms with Gasteiger partial charge in [-0.3, -0.25) is 4.90 Å². The molecule has 0 spiro atoms. The minimum absolute atomic E-state index is 0.573. The van der Waals surface area contributed by atoms with Crippen LogP contribution in [0.4, 0.5) is 0 Å². The smallest absolute Gasteiger partial charge is 0.0476 e. The first-order valence-corrected chi connectivity index (χ1v) is 7.83. The van der Waals surface area contributed by atoms with Crippen molar-refractivity contribution < 1.29 is 0 Å². The average Bonchev–Trinajstić information content (AvgIpc) is 3.19. The minimum atomic E-state index is 0.573. The van der Waals surface area contributed by atoms with Gasteiger partial charge in [0, 0.05) is 31.2 Å². The fourth-order valence-corrected chi connectivity index (χ4v) is 3.61. The van der Waals surface area contributed by atoms with Crippen LogP contribution in [0.15, 0.2) is 30.3 Å². The van der Waals surface area contributed by atoms with E-state index in [0.717, 1.165) is 18.5 Å². The number of hydrogen-bond acceptors (Lipinski definition) is 2. The summed E-state index contributed by atoms with van der Waals surface area (Å²) in [4.78, 5) is 2.77. The molecule has 2 aliphatic rings. The summed E-state index contributed by atoms with van der Waals surface area (Å²) in [7, 11) is 0. The molecule has 0 radical (unpaired) electrons. The number of piperazine rings is 1. The number of nitrogens with one attached hydrogen (secondary N) is 1. The van der Waals surface area contributed by atoms with E-state index in [1.165, 1.54) is 31.4 Å². The monoisotopic (exact) mass is 258 g/mol. The highest BCUT2D eigenvalue weighted by molar-refractivity contribution is 5.21. The molecule has 0 aromatic heterocycles. The van der Waals surface area contributed by atoms with Gasteiger partial charge in [0.25, 0.3) is 0 Å². The molecule has 104 valence electrons. The highest BCUT2D eigenvalue weighted by atomic mass is 15.3. The van der Waals surface area contributed by atoms with Gasteiger partial charge in [0.1, 0.15) is 0 Å². The molecule has 19 heavy (non-hydrogen) atoms. The zero-order valence-corrected chi connectivity index (χ0v) is 12.2. The molecule has 1 saturated heterocycles. The first-order valence-electron chi connectivity index (χ1n) is 7.83. The van der Waals surface area contributed by atoms with Gasteiger partial charge in [0.2, 0.25) is 0 Å².